The lowest BCUT2D eigenvalue weighted by molar-refractivity contribution is -0.127. The Labute approximate surface area is 216 Å². The average molecular weight is 500 g/mol. The van der Waals surface area contributed by atoms with Gasteiger partial charge in [-0.2, -0.15) is 0 Å². The highest BCUT2D eigenvalue weighted by molar-refractivity contribution is 7.12. The van der Waals surface area contributed by atoms with Crippen molar-refractivity contribution in [1.82, 2.24) is 15.6 Å². The number of carbonyl (C=O) groups excluding carboxylic acids is 2. The number of aromatic nitrogens is 1. The Hall–Kier alpha value is -3.38. The van der Waals surface area contributed by atoms with Gasteiger partial charge in [0.05, 0.1) is 4.88 Å². The molecular weight excluding hydrogens is 466 g/mol. The van der Waals surface area contributed by atoms with Crippen molar-refractivity contribution in [2.24, 2.45) is 0 Å². The number of carbonyl (C=O) groups is 2. The summed E-state index contributed by atoms with van der Waals surface area (Å²) in [6, 6.07) is 22.2. The topological polar surface area (TPSA) is 74.0 Å². The molecule has 1 atom stereocenters. The number of thiophene rings is 1. The van der Waals surface area contributed by atoms with E-state index in [-0.39, 0.29) is 17.2 Å². The van der Waals surface area contributed by atoms with Gasteiger partial charge in [-0.05, 0) is 48.4 Å². The fourth-order valence-corrected chi connectivity index (χ4v) is 6.21. The highest BCUT2D eigenvalue weighted by atomic mass is 32.1. The quantitative estimate of drug-likeness (QED) is 0.279. The number of benzene rings is 2. The van der Waals surface area contributed by atoms with Crippen molar-refractivity contribution in [2.75, 3.05) is 6.54 Å². The number of aromatic amines is 1. The molecule has 5 nitrogen and oxygen atoms in total. The zero-order chi connectivity index (χ0) is 25.0. The van der Waals surface area contributed by atoms with E-state index >= 15 is 0 Å². The van der Waals surface area contributed by atoms with Gasteiger partial charge in [-0.25, -0.2) is 0 Å². The Morgan fingerprint density at radius 3 is 2.47 bits per heavy atom. The van der Waals surface area contributed by atoms with Crippen LogP contribution in [0.15, 0.2) is 78.3 Å². The van der Waals surface area contributed by atoms with Gasteiger partial charge in [0.15, 0.2) is 0 Å². The number of fused-ring (bicyclic) bond motifs is 1. The Kier molecular flexibility index (Phi) is 6.97. The van der Waals surface area contributed by atoms with Gasteiger partial charge in [0.2, 0.25) is 5.91 Å². The first-order valence-electron chi connectivity index (χ1n) is 12.7. The van der Waals surface area contributed by atoms with E-state index in [2.05, 4.69) is 39.9 Å². The molecule has 2 aromatic carbocycles. The maximum absolute atomic E-state index is 13.9. The van der Waals surface area contributed by atoms with Crippen molar-refractivity contribution in [3.8, 4) is 0 Å². The Morgan fingerprint density at radius 2 is 1.72 bits per heavy atom. The molecule has 2 amide bonds. The largest absolute Gasteiger partial charge is 0.361 e. The van der Waals surface area contributed by atoms with Gasteiger partial charge < -0.3 is 15.6 Å². The normalized spacial score (nSPS) is 16.8. The van der Waals surface area contributed by atoms with E-state index in [4.69, 9.17) is 0 Å². The van der Waals surface area contributed by atoms with Crippen molar-refractivity contribution in [1.29, 1.82) is 0 Å². The number of hydrogen-bond acceptors (Lipinski definition) is 3. The Balaban J connectivity index is 1.42. The van der Waals surface area contributed by atoms with E-state index in [0.29, 0.717) is 17.8 Å². The summed E-state index contributed by atoms with van der Waals surface area (Å²) >= 11 is 1.38. The van der Waals surface area contributed by atoms with Gasteiger partial charge in [-0.15, -0.1) is 11.3 Å². The average Bonchev–Trinajstić information content (AvgIpc) is 3.59. The maximum Gasteiger partial charge on any atom is 0.262 e. The Bertz CT molecular complexity index is 1320. The monoisotopic (exact) mass is 499 g/mol. The summed E-state index contributed by atoms with van der Waals surface area (Å²) in [6.45, 7) is 2.40. The van der Waals surface area contributed by atoms with Gasteiger partial charge in [-0.1, -0.05) is 73.9 Å². The standard InChI is InChI=1S/C30H33N3O2S/c1-29(33-27(34)26-15-10-18-36-26,19-22-20-31-25-14-7-6-13-24(22)25)28(35)32-21-30(16-8-3-9-17-30)23-11-4-2-5-12-23/h2,4-7,10-15,18,20,31H,3,8-9,16-17,19,21H2,1H3,(H,32,35)(H,33,34). The Morgan fingerprint density at radius 1 is 0.972 bits per heavy atom. The molecule has 1 fully saturated rings. The van der Waals surface area contributed by atoms with Crippen LogP contribution in [0.1, 0.15) is 59.8 Å². The molecule has 1 aliphatic rings. The number of hydrogen-bond donors (Lipinski definition) is 3. The van der Waals surface area contributed by atoms with E-state index in [1.165, 1.54) is 23.3 Å². The molecule has 36 heavy (non-hydrogen) atoms. The van der Waals surface area contributed by atoms with E-state index in [9.17, 15) is 9.59 Å². The number of H-pyrrole nitrogens is 1. The number of nitrogens with one attached hydrogen (secondary N) is 3. The van der Waals surface area contributed by atoms with E-state index in [1.54, 1.807) is 6.07 Å². The molecule has 1 saturated carbocycles. The number of amides is 2. The maximum atomic E-state index is 13.9. The molecule has 3 N–H and O–H groups in total. The third kappa shape index (κ3) is 4.96. The van der Waals surface area contributed by atoms with Crippen LogP contribution in [-0.2, 0) is 16.6 Å². The highest BCUT2D eigenvalue weighted by Crippen LogP contribution is 2.39. The van der Waals surface area contributed by atoms with E-state index in [1.807, 2.05) is 54.9 Å². The molecule has 2 heterocycles. The van der Waals surface area contributed by atoms with Crippen LogP contribution in [0.3, 0.4) is 0 Å². The first-order chi connectivity index (χ1) is 17.5. The molecule has 0 spiro atoms. The fraction of sp³-hybridized carbons (Fsp3) is 0.333. The van der Waals surface area contributed by atoms with Crippen LogP contribution < -0.4 is 10.6 Å². The van der Waals surface area contributed by atoms with Gasteiger partial charge in [0.25, 0.3) is 5.91 Å². The van der Waals surface area contributed by atoms with Gasteiger partial charge >= 0.3 is 0 Å². The minimum Gasteiger partial charge on any atom is -0.361 e. The fourth-order valence-electron chi connectivity index (χ4n) is 5.59. The molecule has 0 radical (unpaired) electrons. The second-order valence-electron chi connectivity index (χ2n) is 10.2. The molecule has 6 heteroatoms. The van der Waals surface area contributed by atoms with Gasteiger partial charge in [0, 0.05) is 35.5 Å². The summed E-state index contributed by atoms with van der Waals surface area (Å²) in [5.74, 6) is -0.378. The summed E-state index contributed by atoms with van der Waals surface area (Å²) < 4.78 is 0. The van der Waals surface area contributed by atoms with E-state index in [0.717, 1.165) is 42.1 Å². The van der Waals surface area contributed by atoms with Gasteiger partial charge in [-0.3, -0.25) is 9.59 Å². The summed E-state index contributed by atoms with van der Waals surface area (Å²) in [6.07, 6.45) is 7.99. The first kappa shape index (κ1) is 24.3. The molecule has 1 unspecified atom stereocenters. The van der Waals surface area contributed by atoms with Crippen molar-refractivity contribution >= 4 is 34.1 Å². The van der Waals surface area contributed by atoms with Crippen molar-refractivity contribution in [3.63, 3.8) is 0 Å². The van der Waals surface area contributed by atoms with Crippen LogP contribution >= 0.6 is 11.3 Å². The molecule has 0 bridgehead atoms. The summed E-state index contributed by atoms with van der Waals surface area (Å²) in [5.41, 5.74) is 2.12. The summed E-state index contributed by atoms with van der Waals surface area (Å²) in [5, 5.41) is 9.31. The second kappa shape index (κ2) is 10.3. The van der Waals surface area contributed by atoms with Crippen molar-refractivity contribution in [2.45, 2.75) is 56.4 Å². The van der Waals surface area contributed by atoms with Crippen LogP contribution in [0.2, 0.25) is 0 Å². The second-order valence-corrected chi connectivity index (χ2v) is 11.1. The molecule has 2 aromatic heterocycles. The third-order valence-corrected chi connectivity index (χ3v) is 8.51. The molecule has 0 aliphatic heterocycles. The number of para-hydroxylation sites is 1. The first-order valence-corrected chi connectivity index (χ1v) is 13.6. The molecule has 1 aliphatic carbocycles. The SMILES string of the molecule is CC(Cc1c[nH]c2ccccc12)(NC(=O)c1cccs1)C(=O)NCC1(c2ccccc2)CCCCC1. The lowest BCUT2D eigenvalue weighted by atomic mass is 9.69. The summed E-state index contributed by atoms with van der Waals surface area (Å²) in [4.78, 5) is 30.9. The minimum atomic E-state index is -1.11. The van der Waals surface area contributed by atoms with Crippen molar-refractivity contribution < 1.29 is 9.59 Å². The van der Waals surface area contributed by atoms with Crippen LogP contribution in [0, 0.1) is 0 Å². The molecule has 186 valence electrons. The highest BCUT2D eigenvalue weighted by Gasteiger charge is 2.39. The van der Waals surface area contributed by atoms with Crippen LogP contribution in [-0.4, -0.2) is 28.9 Å². The molecular formula is C30H33N3O2S. The minimum absolute atomic E-state index is 0.0748. The van der Waals surface area contributed by atoms with Crippen LogP contribution in [0.4, 0.5) is 0 Å². The lowest BCUT2D eigenvalue weighted by Gasteiger charge is -2.39. The smallest absolute Gasteiger partial charge is 0.262 e. The van der Waals surface area contributed by atoms with Crippen LogP contribution in [0.5, 0.6) is 0 Å². The zero-order valence-corrected chi connectivity index (χ0v) is 21.5. The van der Waals surface area contributed by atoms with E-state index < -0.39 is 5.54 Å². The zero-order valence-electron chi connectivity index (χ0n) is 20.7. The summed E-state index contributed by atoms with van der Waals surface area (Å²) in [7, 11) is 0. The predicted octanol–water partition coefficient (Wildman–Crippen LogP) is 5.98. The predicted molar refractivity (Wildman–Crippen MR) is 146 cm³/mol. The third-order valence-electron chi connectivity index (χ3n) is 7.64. The number of rotatable bonds is 8. The molecule has 0 saturated heterocycles. The molecule has 5 rings (SSSR count). The molecule has 4 aromatic rings. The van der Waals surface area contributed by atoms with Crippen LogP contribution in [0.25, 0.3) is 10.9 Å². The van der Waals surface area contributed by atoms with Crippen molar-refractivity contribution in [3.05, 3.63) is 94.3 Å². The lowest BCUT2D eigenvalue weighted by Crippen LogP contribution is -2.59. The van der Waals surface area contributed by atoms with Gasteiger partial charge in [0.1, 0.15) is 5.54 Å².